The average Bonchev–Trinajstić information content (AvgIpc) is 2.29. The highest BCUT2D eigenvalue weighted by molar-refractivity contribution is 5.67. The zero-order valence-corrected chi connectivity index (χ0v) is 7.08. The molecule has 3 nitrogen and oxygen atoms in total. The lowest BCUT2D eigenvalue weighted by Gasteiger charge is -2.35. The summed E-state index contributed by atoms with van der Waals surface area (Å²) in [5, 5.41) is 6.34. The van der Waals surface area contributed by atoms with Gasteiger partial charge in [-0.05, 0) is 6.42 Å². The van der Waals surface area contributed by atoms with Crippen LogP contribution in [0, 0.1) is 5.41 Å². The lowest BCUT2D eigenvalue weighted by molar-refractivity contribution is -0.119. The van der Waals surface area contributed by atoms with Gasteiger partial charge in [-0.15, -0.1) is 0 Å². The summed E-state index contributed by atoms with van der Waals surface area (Å²) in [6.07, 6.45) is 3.28. The Morgan fingerprint density at radius 2 is 2.45 bits per heavy atom. The molecule has 11 heavy (non-hydrogen) atoms. The molecule has 1 atom stereocenters. The number of fused-ring (bicyclic) bond motifs is 1. The van der Waals surface area contributed by atoms with Gasteiger partial charge in [0.2, 0.25) is 0 Å². The highest BCUT2D eigenvalue weighted by Crippen LogP contribution is 2.31. The first kappa shape index (κ1) is 7.10. The van der Waals surface area contributed by atoms with Gasteiger partial charge in [0.25, 0.3) is 0 Å². The summed E-state index contributed by atoms with van der Waals surface area (Å²) < 4.78 is 5.62. The van der Waals surface area contributed by atoms with Crippen LogP contribution < -0.4 is 0 Å². The van der Waals surface area contributed by atoms with Crippen molar-refractivity contribution in [2.45, 2.75) is 26.5 Å². The van der Waals surface area contributed by atoms with E-state index in [0.29, 0.717) is 0 Å². The topological polar surface area (TPSA) is 24.8 Å². The Hall–Kier alpha value is -0.570. The van der Waals surface area contributed by atoms with E-state index in [4.69, 9.17) is 4.74 Å². The van der Waals surface area contributed by atoms with Gasteiger partial charge in [0.05, 0.1) is 6.61 Å². The molecule has 2 rings (SSSR count). The van der Waals surface area contributed by atoms with Crippen molar-refractivity contribution < 1.29 is 4.74 Å². The fourth-order valence-electron chi connectivity index (χ4n) is 1.63. The molecule has 2 aliphatic heterocycles. The van der Waals surface area contributed by atoms with Gasteiger partial charge in [-0.25, -0.2) is 0 Å². The molecule has 0 spiro atoms. The number of hydrogen-bond acceptors (Lipinski definition) is 3. The molecular weight excluding hydrogens is 140 g/mol. The van der Waals surface area contributed by atoms with Gasteiger partial charge in [-0.3, -0.25) is 5.01 Å². The summed E-state index contributed by atoms with van der Waals surface area (Å²) in [6.45, 7) is 6.25. The molecule has 1 saturated heterocycles. The Labute approximate surface area is 67.0 Å². The van der Waals surface area contributed by atoms with E-state index in [1.165, 1.54) is 0 Å². The van der Waals surface area contributed by atoms with Crippen LogP contribution in [0.4, 0.5) is 0 Å². The van der Waals surface area contributed by atoms with E-state index < -0.39 is 0 Å². The SMILES string of the molecule is CC1(C)C=NN2CCCOC21. The van der Waals surface area contributed by atoms with Crippen LogP contribution >= 0.6 is 0 Å². The van der Waals surface area contributed by atoms with Gasteiger partial charge >= 0.3 is 0 Å². The summed E-state index contributed by atoms with van der Waals surface area (Å²) in [4.78, 5) is 0. The standard InChI is InChI=1S/C8H14N2O/c1-8(2)6-9-10-4-3-5-11-7(8)10/h6-7H,3-5H2,1-2H3. The van der Waals surface area contributed by atoms with Crippen LogP contribution in [0.2, 0.25) is 0 Å². The molecule has 0 bridgehead atoms. The zero-order chi connectivity index (χ0) is 7.90. The van der Waals surface area contributed by atoms with E-state index in [-0.39, 0.29) is 11.6 Å². The van der Waals surface area contributed by atoms with E-state index in [0.717, 1.165) is 19.6 Å². The maximum absolute atomic E-state index is 5.62. The van der Waals surface area contributed by atoms with Crippen molar-refractivity contribution in [1.82, 2.24) is 5.01 Å². The third kappa shape index (κ3) is 1.03. The second-order valence-electron chi connectivity index (χ2n) is 3.81. The third-order valence-corrected chi connectivity index (χ3v) is 2.25. The molecule has 0 aromatic carbocycles. The molecule has 3 heteroatoms. The minimum atomic E-state index is 0.0976. The summed E-state index contributed by atoms with van der Waals surface area (Å²) in [5.41, 5.74) is 0.0976. The number of rotatable bonds is 0. The van der Waals surface area contributed by atoms with Crippen molar-refractivity contribution in [1.29, 1.82) is 0 Å². The predicted octanol–water partition coefficient (Wildman–Crippen LogP) is 1.06. The molecule has 2 aliphatic rings. The van der Waals surface area contributed by atoms with Gasteiger partial charge < -0.3 is 4.74 Å². The average molecular weight is 154 g/mol. The van der Waals surface area contributed by atoms with Crippen LogP contribution in [0.15, 0.2) is 5.10 Å². The molecule has 62 valence electrons. The van der Waals surface area contributed by atoms with E-state index in [1.54, 1.807) is 0 Å². The Balaban J connectivity index is 2.16. The molecule has 0 amide bonds. The van der Waals surface area contributed by atoms with Crippen molar-refractivity contribution in [3.63, 3.8) is 0 Å². The fraction of sp³-hybridized carbons (Fsp3) is 0.875. The second kappa shape index (κ2) is 2.21. The number of hydrogen-bond donors (Lipinski definition) is 0. The lowest BCUT2D eigenvalue weighted by Crippen LogP contribution is -2.44. The second-order valence-corrected chi connectivity index (χ2v) is 3.81. The first-order chi connectivity index (χ1) is 5.20. The van der Waals surface area contributed by atoms with E-state index in [2.05, 4.69) is 18.9 Å². The largest absolute Gasteiger partial charge is 0.356 e. The van der Waals surface area contributed by atoms with Gasteiger partial charge in [0, 0.05) is 18.2 Å². The first-order valence-electron chi connectivity index (χ1n) is 4.13. The Morgan fingerprint density at radius 1 is 1.64 bits per heavy atom. The fourth-order valence-corrected chi connectivity index (χ4v) is 1.63. The normalized spacial score (nSPS) is 34.0. The van der Waals surface area contributed by atoms with Crippen LogP contribution in [-0.4, -0.2) is 30.6 Å². The molecule has 0 saturated carbocycles. The molecule has 0 radical (unpaired) electrons. The maximum atomic E-state index is 5.62. The van der Waals surface area contributed by atoms with Gasteiger partial charge in [0.15, 0.2) is 6.23 Å². The smallest absolute Gasteiger partial charge is 0.155 e. The van der Waals surface area contributed by atoms with Crippen molar-refractivity contribution >= 4 is 6.21 Å². The van der Waals surface area contributed by atoms with Crippen LogP contribution in [0.25, 0.3) is 0 Å². The number of hydrazone groups is 1. The first-order valence-corrected chi connectivity index (χ1v) is 4.13. The summed E-state index contributed by atoms with van der Waals surface area (Å²) >= 11 is 0. The molecule has 0 aromatic rings. The lowest BCUT2D eigenvalue weighted by atomic mass is 9.93. The highest BCUT2D eigenvalue weighted by atomic mass is 16.5. The van der Waals surface area contributed by atoms with Crippen molar-refractivity contribution in [3.05, 3.63) is 0 Å². The van der Waals surface area contributed by atoms with Crippen molar-refractivity contribution in [2.24, 2.45) is 10.5 Å². The molecule has 0 aromatic heterocycles. The van der Waals surface area contributed by atoms with E-state index in [1.807, 2.05) is 11.2 Å². The van der Waals surface area contributed by atoms with Crippen molar-refractivity contribution in [3.8, 4) is 0 Å². The Bertz CT molecular complexity index is 189. The molecule has 2 heterocycles. The zero-order valence-electron chi connectivity index (χ0n) is 7.08. The van der Waals surface area contributed by atoms with Crippen LogP contribution in [0.3, 0.4) is 0 Å². The van der Waals surface area contributed by atoms with Gasteiger partial charge in [0.1, 0.15) is 0 Å². The van der Waals surface area contributed by atoms with Crippen molar-refractivity contribution in [2.75, 3.05) is 13.2 Å². The van der Waals surface area contributed by atoms with Crippen LogP contribution in [0.5, 0.6) is 0 Å². The maximum Gasteiger partial charge on any atom is 0.155 e. The predicted molar refractivity (Wildman–Crippen MR) is 43.3 cm³/mol. The highest BCUT2D eigenvalue weighted by Gasteiger charge is 2.39. The summed E-state index contributed by atoms with van der Waals surface area (Å²) in [6, 6.07) is 0. The molecule has 0 N–H and O–H groups in total. The molecular formula is C8H14N2O. The summed E-state index contributed by atoms with van der Waals surface area (Å²) in [7, 11) is 0. The minimum Gasteiger partial charge on any atom is -0.356 e. The number of ether oxygens (including phenoxy) is 1. The van der Waals surface area contributed by atoms with E-state index in [9.17, 15) is 0 Å². The van der Waals surface area contributed by atoms with Crippen LogP contribution in [-0.2, 0) is 4.74 Å². The Kier molecular flexibility index (Phi) is 1.42. The molecule has 1 fully saturated rings. The Morgan fingerprint density at radius 3 is 3.18 bits per heavy atom. The monoisotopic (exact) mass is 154 g/mol. The summed E-state index contributed by atoms with van der Waals surface area (Å²) in [5.74, 6) is 0. The molecule has 0 aliphatic carbocycles. The van der Waals surface area contributed by atoms with Gasteiger partial charge in [-0.2, -0.15) is 5.10 Å². The third-order valence-electron chi connectivity index (χ3n) is 2.25. The molecule has 1 unspecified atom stereocenters. The van der Waals surface area contributed by atoms with Crippen LogP contribution in [0.1, 0.15) is 20.3 Å². The van der Waals surface area contributed by atoms with E-state index >= 15 is 0 Å². The number of nitrogens with zero attached hydrogens (tertiary/aromatic N) is 2. The minimum absolute atomic E-state index is 0.0976. The van der Waals surface area contributed by atoms with Gasteiger partial charge in [-0.1, -0.05) is 13.8 Å². The quantitative estimate of drug-likeness (QED) is 0.521.